The minimum Gasteiger partial charge on any atom is -0.465 e. The zero-order valence-electron chi connectivity index (χ0n) is 7.66. The van der Waals surface area contributed by atoms with E-state index in [9.17, 15) is 4.79 Å². The van der Waals surface area contributed by atoms with E-state index < -0.39 is 6.09 Å². The highest BCUT2D eigenvalue weighted by Gasteiger charge is 2.28. The van der Waals surface area contributed by atoms with E-state index in [0.29, 0.717) is 6.54 Å². The van der Waals surface area contributed by atoms with E-state index in [1.54, 1.807) is 11.3 Å². The summed E-state index contributed by atoms with van der Waals surface area (Å²) >= 11 is 5.13. The number of amides is 1. The highest BCUT2D eigenvalue weighted by molar-refractivity contribution is 9.11. The summed E-state index contributed by atoms with van der Waals surface area (Å²) in [5.74, 6) is 0. The molecule has 1 aliphatic rings. The third kappa shape index (κ3) is 1.54. The molecule has 1 amide bonds. The second kappa shape index (κ2) is 3.55. The van der Waals surface area contributed by atoms with Crippen LogP contribution in [0.1, 0.15) is 23.4 Å². The number of carbonyl (C=O) groups is 1. The molecule has 14 heavy (non-hydrogen) atoms. The molecule has 0 aliphatic carbocycles. The monoisotopic (exact) mass is 275 g/mol. The number of hydrogen-bond acceptors (Lipinski definition) is 2. The van der Waals surface area contributed by atoms with E-state index >= 15 is 0 Å². The molecule has 0 spiro atoms. The van der Waals surface area contributed by atoms with Crippen LogP contribution >= 0.6 is 27.3 Å². The van der Waals surface area contributed by atoms with Crippen molar-refractivity contribution < 1.29 is 9.90 Å². The Bertz CT molecular complexity index is 377. The predicted molar refractivity (Wildman–Crippen MR) is 58.9 cm³/mol. The number of fused-ring (bicyclic) bond motifs is 1. The average molecular weight is 276 g/mol. The highest BCUT2D eigenvalue weighted by Crippen LogP contribution is 2.37. The lowest BCUT2D eigenvalue weighted by Gasteiger charge is -2.30. The summed E-state index contributed by atoms with van der Waals surface area (Å²) in [6, 6.07) is 2.01. The van der Waals surface area contributed by atoms with Gasteiger partial charge in [0.25, 0.3) is 0 Å². The fourth-order valence-electron chi connectivity index (χ4n) is 1.80. The van der Waals surface area contributed by atoms with Crippen LogP contribution in [0.15, 0.2) is 9.85 Å². The lowest BCUT2D eigenvalue weighted by molar-refractivity contribution is 0.125. The molecular weight excluding hydrogens is 266 g/mol. The van der Waals surface area contributed by atoms with Crippen LogP contribution in [-0.4, -0.2) is 22.6 Å². The molecule has 0 unspecified atom stereocenters. The number of thiophene rings is 1. The third-order valence-electron chi connectivity index (χ3n) is 2.55. The summed E-state index contributed by atoms with van der Waals surface area (Å²) in [6.45, 7) is 2.54. The molecule has 0 aromatic carbocycles. The molecule has 0 saturated heterocycles. The quantitative estimate of drug-likeness (QED) is 0.791. The molecule has 2 rings (SSSR count). The van der Waals surface area contributed by atoms with Crippen molar-refractivity contribution in [3.63, 3.8) is 0 Å². The third-order valence-corrected chi connectivity index (χ3v) is 4.27. The maximum Gasteiger partial charge on any atom is 0.407 e. The van der Waals surface area contributed by atoms with Gasteiger partial charge < -0.3 is 10.0 Å². The van der Waals surface area contributed by atoms with E-state index in [4.69, 9.17) is 5.11 Å². The second-order valence-electron chi connectivity index (χ2n) is 3.33. The number of halogens is 1. The standard InChI is InChI=1S/C9H10BrNO2S/c1-5-6-4-8(10)14-7(6)2-3-11(5)9(12)13/h4-5H,2-3H2,1H3,(H,12,13)/t5-/m1/s1. The van der Waals surface area contributed by atoms with Gasteiger partial charge in [-0.3, -0.25) is 0 Å². The Hall–Kier alpha value is -0.550. The first-order chi connectivity index (χ1) is 6.59. The van der Waals surface area contributed by atoms with Crippen molar-refractivity contribution in [3.05, 3.63) is 20.3 Å². The minimum absolute atomic E-state index is 0.0150. The van der Waals surface area contributed by atoms with Crippen LogP contribution < -0.4 is 0 Å². The van der Waals surface area contributed by atoms with E-state index in [2.05, 4.69) is 15.9 Å². The van der Waals surface area contributed by atoms with Crippen LogP contribution in [-0.2, 0) is 6.42 Å². The fourth-order valence-corrected chi connectivity index (χ4v) is 3.60. The van der Waals surface area contributed by atoms with Gasteiger partial charge in [0.05, 0.1) is 9.83 Å². The molecular formula is C9H10BrNO2S. The fraction of sp³-hybridized carbons (Fsp3) is 0.444. The van der Waals surface area contributed by atoms with Crippen molar-refractivity contribution in [1.82, 2.24) is 4.90 Å². The van der Waals surface area contributed by atoms with Gasteiger partial charge in [-0.1, -0.05) is 0 Å². The first kappa shape index (κ1) is 9.98. The minimum atomic E-state index is -0.828. The van der Waals surface area contributed by atoms with Crippen LogP contribution in [0.3, 0.4) is 0 Å². The van der Waals surface area contributed by atoms with Crippen molar-refractivity contribution in [2.45, 2.75) is 19.4 Å². The molecule has 5 heteroatoms. The van der Waals surface area contributed by atoms with Gasteiger partial charge in [-0.25, -0.2) is 4.79 Å². The zero-order chi connectivity index (χ0) is 10.3. The summed E-state index contributed by atoms with van der Waals surface area (Å²) < 4.78 is 1.08. The SMILES string of the molecule is C[C@@H]1c2cc(Br)sc2CCN1C(=O)O. The molecule has 0 fully saturated rings. The Labute approximate surface area is 94.5 Å². The van der Waals surface area contributed by atoms with Crippen LogP contribution in [0.2, 0.25) is 0 Å². The summed E-state index contributed by atoms with van der Waals surface area (Å²) in [5.41, 5.74) is 1.15. The molecule has 76 valence electrons. The first-order valence-corrected chi connectivity index (χ1v) is 5.98. The Morgan fingerprint density at radius 1 is 1.79 bits per heavy atom. The maximum atomic E-state index is 10.9. The molecule has 3 nitrogen and oxygen atoms in total. The largest absolute Gasteiger partial charge is 0.465 e. The topological polar surface area (TPSA) is 40.5 Å². The van der Waals surface area contributed by atoms with E-state index in [-0.39, 0.29) is 6.04 Å². The highest BCUT2D eigenvalue weighted by atomic mass is 79.9. The Morgan fingerprint density at radius 2 is 2.50 bits per heavy atom. The van der Waals surface area contributed by atoms with Crippen molar-refractivity contribution in [3.8, 4) is 0 Å². The summed E-state index contributed by atoms with van der Waals surface area (Å²) in [6.07, 6.45) is 0.00729. The molecule has 1 atom stereocenters. The van der Waals surface area contributed by atoms with Crippen molar-refractivity contribution in [2.75, 3.05) is 6.54 Å². The molecule has 1 aromatic rings. The molecule has 0 saturated carbocycles. The van der Waals surface area contributed by atoms with E-state index in [1.165, 1.54) is 9.78 Å². The molecule has 0 radical (unpaired) electrons. The Kier molecular flexibility index (Phi) is 2.53. The van der Waals surface area contributed by atoms with Crippen LogP contribution in [0.5, 0.6) is 0 Å². The van der Waals surface area contributed by atoms with E-state index in [0.717, 1.165) is 15.8 Å². The van der Waals surface area contributed by atoms with Gasteiger partial charge in [-0.15, -0.1) is 11.3 Å². The van der Waals surface area contributed by atoms with Gasteiger partial charge in [0.15, 0.2) is 0 Å². The lowest BCUT2D eigenvalue weighted by atomic mass is 10.0. The van der Waals surface area contributed by atoms with Gasteiger partial charge >= 0.3 is 6.09 Å². The van der Waals surface area contributed by atoms with Gasteiger partial charge in [0, 0.05) is 11.4 Å². The van der Waals surface area contributed by atoms with Crippen molar-refractivity contribution >= 4 is 33.4 Å². The van der Waals surface area contributed by atoms with E-state index in [1.807, 2.05) is 13.0 Å². The van der Waals surface area contributed by atoms with Gasteiger partial charge in [-0.2, -0.15) is 0 Å². The summed E-state index contributed by atoms with van der Waals surface area (Å²) in [7, 11) is 0. The smallest absolute Gasteiger partial charge is 0.407 e. The number of carboxylic acid groups (broad SMARTS) is 1. The number of nitrogens with zero attached hydrogens (tertiary/aromatic N) is 1. The Morgan fingerprint density at radius 3 is 3.14 bits per heavy atom. The second-order valence-corrected chi connectivity index (χ2v) is 5.85. The van der Waals surface area contributed by atoms with Gasteiger partial charge in [-0.05, 0) is 40.9 Å². The van der Waals surface area contributed by atoms with Gasteiger partial charge in [0.2, 0.25) is 0 Å². The van der Waals surface area contributed by atoms with Gasteiger partial charge in [0.1, 0.15) is 0 Å². The van der Waals surface area contributed by atoms with Crippen molar-refractivity contribution in [2.24, 2.45) is 0 Å². The van der Waals surface area contributed by atoms with Crippen LogP contribution in [0, 0.1) is 0 Å². The Balaban J connectivity index is 2.35. The molecule has 1 N–H and O–H groups in total. The number of hydrogen-bond donors (Lipinski definition) is 1. The summed E-state index contributed by atoms with van der Waals surface area (Å²) in [4.78, 5) is 13.7. The first-order valence-electron chi connectivity index (χ1n) is 4.37. The summed E-state index contributed by atoms with van der Waals surface area (Å²) in [5, 5.41) is 8.96. The molecule has 0 bridgehead atoms. The zero-order valence-corrected chi connectivity index (χ0v) is 10.1. The van der Waals surface area contributed by atoms with Crippen LogP contribution in [0.25, 0.3) is 0 Å². The maximum absolute atomic E-state index is 10.9. The van der Waals surface area contributed by atoms with Crippen molar-refractivity contribution in [1.29, 1.82) is 0 Å². The normalized spacial score (nSPS) is 20.7. The lowest BCUT2D eigenvalue weighted by Crippen LogP contribution is -2.37. The molecule has 1 aliphatic heterocycles. The predicted octanol–water partition coefficient (Wildman–Crippen LogP) is 3.11. The molecule has 1 aromatic heterocycles. The molecule has 2 heterocycles. The van der Waals surface area contributed by atoms with Crippen LogP contribution in [0.4, 0.5) is 4.79 Å². The number of rotatable bonds is 0. The average Bonchev–Trinajstić information content (AvgIpc) is 2.46.